The van der Waals surface area contributed by atoms with Gasteiger partial charge in [-0.1, -0.05) is 16.8 Å². The third kappa shape index (κ3) is 3.03. The molecular weight excluding hydrogens is 314 g/mol. The van der Waals surface area contributed by atoms with E-state index in [1.807, 2.05) is 0 Å². The number of aromatic nitrogens is 3. The maximum atomic E-state index is 11.7. The number of sulfone groups is 1. The van der Waals surface area contributed by atoms with E-state index in [9.17, 15) is 13.5 Å². The van der Waals surface area contributed by atoms with Crippen molar-refractivity contribution in [1.82, 2.24) is 15.0 Å². The van der Waals surface area contributed by atoms with Crippen molar-refractivity contribution in [2.45, 2.75) is 18.8 Å². The van der Waals surface area contributed by atoms with Crippen molar-refractivity contribution >= 4 is 21.4 Å². The second kappa shape index (κ2) is 5.31. The van der Waals surface area contributed by atoms with Crippen LogP contribution in [0.3, 0.4) is 0 Å². The Hall–Kier alpha value is -1.60. The zero-order valence-electron chi connectivity index (χ0n) is 11.1. The second-order valence-electron chi connectivity index (χ2n) is 5.17. The number of benzene rings is 1. The van der Waals surface area contributed by atoms with Crippen LogP contribution in [0, 0.1) is 0 Å². The van der Waals surface area contributed by atoms with Crippen molar-refractivity contribution in [3.8, 4) is 11.4 Å². The number of nitrogens with zero attached hydrogens (tertiary/aromatic N) is 3. The molecule has 1 fully saturated rings. The highest BCUT2D eigenvalue weighted by atomic mass is 35.5. The SMILES string of the molecule is O=S1(=O)CCCC(c2cn(-c3ccc(Cl)cc3O)nn2)C1. The van der Waals surface area contributed by atoms with Gasteiger partial charge in [-0.05, 0) is 25.0 Å². The van der Waals surface area contributed by atoms with Gasteiger partial charge in [0.15, 0.2) is 9.84 Å². The van der Waals surface area contributed by atoms with E-state index in [1.54, 1.807) is 18.3 Å². The Balaban J connectivity index is 1.89. The predicted molar refractivity (Wildman–Crippen MR) is 78.7 cm³/mol. The average Bonchev–Trinajstić information content (AvgIpc) is 2.87. The molecule has 1 aromatic heterocycles. The molecule has 8 heteroatoms. The lowest BCUT2D eigenvalue weighted by molar-refractivity contribution is 0.470. The van der Waals surface area contributed by atoms with E-state index in [0.717, 1.165) is 6.42 Å². The van der Waals surface area contributed by atoms with E-state index in [-0.39, 0.29) is 23.2 Å². The van der Waals surface area contributed by atoms with Crippen molar-refractivity contribution in [1.29, 1.82) is 0 Å². The maximum absolute atomic E-state index is 11.7. The predicted octanol–water partition coefficient (Wildman–Crippen LogP) is 1.92. The van der Waals surface area contributed by atoms with Gasteiger partial charge in [-0.3, -0.25) is 0 Å². The molecule has 1 aromatic carbocycles. The molecule has 3 rings (SSSR count). The molecule has 1 aliphatic rings. The first kappa shape index (κ1) is 14.3. The highest BCUT2D eigenvalue weighted by Crippen LogP contribution is 2.29. The van der Waals surface area contributed by atoms with E-state index in [2.05, 4.69) is 10.3 Å². The van der Waals surface area contributed by atoms with Crippen molar-refractivity contribution in [3.05, 3.63) is 35.1 Å². The maximum Gasteiger partial charge on any atom is 0.150 e. The fourth-order valence-corrected chi connectivity index (χ4v) is 4.42. The third-order valence-electron chi connectivity index (χ3n) is 3.58. The number of aromatic hydroxyl groups is 1. The molecular formula is C13H14ClN3O3S. The minimum Gasteiger partial charge on any atom is -0.506 e. The number of phenolic OH excluding ortho intramolecular Hbond substituents is 1. The number of hydrogen-bond acceptors (Lipinski definition) is 5. The summed E-state index contributed by atoms with van der Waals surface area (Å²) >= 11 is 5.79. The molecule has 1 unspecified atom stereocenters. The zero-order chi connectivity index (χ0) is 15.0. The molecule has 1 saturated heterocycles. The summed E-state index contributed by atoms with van der Waals surface area (Å²) in [5.74, 6) is 0.218. The molecule has 0 aliphatic carbocycles. The van der Waals surface area contributed by atoms with Crippen LogP contribution in [0.5, 0.6) is 5.75 Å². The average molecular weight is 328 g/mol. The van der Waals surface area contributed by atoms with E-state index >= 15 is 0 Å². The Morgan fingerprint density at radius 1 is 1.38 bits per heavy atom. The largest absolute Gasteiger partial charge is 0.506 e. The third-order valence-corrected chi connectivity index (χ3v) is 5.63. The molecule has 0 radical (unpaired) electrons. The standard InChI is InChI=1S/C13H14ClN3O3S/c14-10-3-4-12(13(18)6-10)17-7-11(15-16-17)9-2-1-5-21(19,20)8-9/h3-4,6-7,9,18H,1-2,5,8H2. The minimum atomic E-state index is -2.99. The fraction of sp³-hybridized carbons (Fsp3) is 0.385. The van der Waals surface area contributed by atoms with Crippen molar-refractivity contribution in [3.63, 3.8) is 0 Å². The van der Waals surface area contributed by atoms with Crippen LogP contribution in [-0.4, -0.2) is 40.0 Å². The van der Waals surface area contributed by atoms with Crippen LogP contribution in [0.2, 0.25) is 5.02 Å². The van der Waals surface area contributed by atoms with E-state index in [0.29, 0.717) is 22.8 Å². The molecule has 0 amide bonds. The smallest absolute Gasteiger partial charge is 0.150 e. The summed E-state index contributed by atoms with van der Waals surface area (Å²) in [7, 11) is -2.99. The first-order chi connectivity index (χ1) is 9.94. The lowest BCUT2D eigenvalue weighted by Gasteiger charge is -2.19. The van der Waals surface area contributed by atoms with Gasteiger partial charge in [0.25, 0.3) is 0 Å². The molecule has 112 valence electrons. The molecule has 0 saturated carbocycles. The summed E-state index contributed by atoms with van der Waals surface area (Å²) in [6.07, 6.45) is 3.09. The fourth-order valence-electron chi connectivity index (χ4n) is 2.53. The monoisotopic (exact) mass is 327 g/mol. The van der Waals surface area contributed by atoms with Crippen molar-refractivity contribution in [2.75, 3.05) is 11.5 Å². The lowest BCUT2D eigenvalue weighted by Crippen LogP contribution is -2.23. The van der Waals surface area contributed by atoms with Gasteiger partial charge >= 0.3 is 0 Å². The Labute approximate surface area is 127 Å². The molecule has 0 spiro atoms. The van der Waals surface area contributed by atoms with Crippen LogP contribution >= 0.6 is 11.6 Å². The van der Waals surface area contributed by atoms with Gasteiger partial charge in [-0.2, -0.15) is 0 Å². The highest BCUT2D eigenvalue weighted by molar-refractivity contribution is 7.91. The summed E-state index contributed by atoms with van der Waals surface area (Å²) in [6.45, 7) is 0. The number of rotatable bonds is 2. The van der Waals surface area contributed by atoms with Gasteiger partial charge in [0.2, 0.25) is 0 Å². The number of phenols is 1. The summed E-state index contributed by atoms with van der Waals surface area (Å²) < 4.78 is 24.8. The molecule has 2 aromatic rings. The first-order valence-electron chi connectivity index (χ1n) is 6.56. The van der Waals surface area contributed by atoms with Crippen molar-refractivity contribution in [2.24, 2.45) is 0 Å². The molecule has 21 heavy (non-hydrogen) atoms. The van der Waals surface area contributed by atoms with Crippen LogP contribution in [0.1, 0.15) is 24.5 Å². The van der Waals surface area contributed by atoms with E-state index in [1.165, 1.54) is 10.7 Å². The van der Waals surface area contributed by atoms with Crippen LogP contribution in [-0.2, 0) is 9.84 Å². The molecule has 1 N–H and O–H groups in total. The minimum absolute atomic E-state index is 0.00443. The summed E-state index contributed by atoms with van der Waals surface area (Å²) in [6, 6.07) is 4.69. The topological polar surface area (TPSA) is 85.1 Å². The lowest BCUT2D eigenvalue weighted by atomic mass is 10.0. The van der Waals surface area contributed by atoms with Crippen LogP contribution in [0.25, 0.3) is 5.69 Å². The summed E-state index contributed by atoms with van der Waals surface area (Å²) in [4.78, 5) is 0. The second-order valence-corrected chi connectivity index (χ2v) is 7.84. The van der Waals surface area contributed by atoms with Crippen molar-refractivity contribution < 1.29 is 13.5 Å². The Kier molecular flexibility index (Phi) is 3.62. The highest BCUT2D eigenvalue weighted by Gasteiger charge is 2.28. The molecule has 2 heterocycles. The quantitative estimate of drug-likeness (QED) is 0.910. The Morgan fingerprint density at radius 2 is 2.19 bits per heavy atom. The first-order valence-corrected chi connectivity index (χ1v) is 8.76. The van der Waals surface area contributed by atoms with E-state index < -0.39 is 9.84 Å². The number of halogens is 1. The summed E-state index contributed by atoms with van der Waals surface area (Å²) in [5, 5.41) is 18.3. The molecule has 1 atom stereocenters. The van der Waals surface area contributed by atoms with Crippen LogP contribution in [0.4, 0.5) is 0 Å². The molecule has 6 nitrogen and oxygen atoms in total. The van der Waals surface area contributed by atoms with Gasteiger partial charge < -0.3 is 5.11 Å². The Bertz CT molecular complexity index is 773. The number of hydrogen-bond donors (Lipinski definition) is 1. The van der Waals surface area contributed by atoms with Gasteiger partial charge in [0.05, 0.1) is 23.4 Å². The van der Waals surface area contributed by atoms with Gasteiger partial charge in [0.1, 0.15) is 11.4 Å². The normalized spacial score (nSPS) is 21.3. The summed E-state index contributed by atoms with van der Waals surface area (Å²) in [5.41, 5.74) is 1.09. The van der Waals surface area contributed by atoms with Gasteiger partial charge in [0, 0.05) is 17.0 Å². The molecule has 0 bridgehead atoms. The van der Waals surface area contributed by atoms with Gasteiger partial charge in [-0.25, -0.2) is 13.1 Å². The van der Waals surface area contributed by atoms with Crippen LogP contribution in [0.15, 0.2) is 24.4 Å². The van der Waals surface area contributed by atoms with Gasteiger partial charge in [-0.15, -0.1) is 5.10 Å². The van der Waals surface area contributed by atoms with Crippen LogP contribution < -0.4 is 0 Å². The molecule has 1 aliphatic heterocycles. The van der Waals surface area contributed by atoms with E-state index in [4.69, 9.17) is 11.6 Å². The Morgan fingerprint density at radius 3 is 2.90 bits per heavy atom. The zero-order valence-corrected chi connectivity index (χ0v) is 12.7.